The van der Waals surface area contributed by atoms with Crippen molar-refractivity contribution in [2.75, 3.05) is 59.8 Å². The topological polar surface area (TPSA) is 80.0 Å². The second-order valence-electron chi connectivity index (χ2n) is 11.3. The Kier molecular flexibility index (Phi) is 9.69. The third-order valence-electron chi connectivity index (χ3n) is 8.57. The lowest BCUT2D eigenvalue weighted by atomic mass is 9.95. The fourth-order valence-corrected chi connectivity index (χ4v) is 6.57. The first kappa shape index (κ1) is 28.2. The van der Waals surface area contributed by atoms with Gasteiger partial charge in [0, 0.05) is 74.8 Å². The third-order valence-corrected chi connectivity index (χ3v) is 8.76. The lowest BCUT2D eigenvalue weighted by Crippen LogP contribution is -2.54. The fraction of sp³-hybridized carbons (Fsp3) is 0.667. The van der Waals surface area contributed by atoms with E-state index in [4.69, 9.17) is 26.8 Å². The molecule has 3 aliphatic rings. The van der Waals surface area contributed by atoms with Crippen molar-refractivity contribution in [3.63, 3.8) is 0 Å². The maximum absolute atomic E-state index is 6.22. The van der Waals surface area contributed by atoms with Gasteiger partial charge in [-0.05, 0) is 56.7 Å². The number of unbranched alkanes of at least 4 members (excludes halogenated alkanes) is 2. The number of aromatic nitrogens is 2. The van der Waals surface area contributed by atoms with E-state index < -0.39 is 0 Å². The van der Waals surface area contributed by atoms with Crippen LogP contribution in [0, 0.1) is 5.92 Å². The van der Waals surface area contributed by atoms with Crippen LogP contribution in [0.2, 0.25) is 5.15 Å². The Balaban J connectivity index is 1.21. The normalized spacial score (nSPS) is 21.8. The Bertz CT molecular complexity index is 1040. The van der Waals surface area contributed by atoms with Crippen LogP contribution >= 0.6 is 11.6 Å². The van der Waals surface area contributed by atoms with Gasteiger partial charge in [-0.1, -0.05) is 44.4 Å². The van der Waals surface area contributed by atoms with Gasteiger partial charge in [-0.2, -0.15) is 0 Å². The molecule has 8 nitrogen and oxygen atoms in total. The van der Waals surface area contributed by atoms with Crippen molar-refractivity contribution in [1.29, 1.82) is 0 Å². The molecule has 1 aromatic carbocycles. The van der Waals surface area contributed by atoms with E-state index in [9.17, 15) is 0 Å². The molecule has 3 aliphatic heterocycles. The first-order chi connectivity index (χ1) is 19.1. The second kappa shape index (κ2) is 13.4. The molecular formula is C30H45ClN6O2. The van der Waals surface area contributed by atoms with Gasteiger partial charge in [-0.15, -0.1) is 10.2 Å². The molecule has 214 valence electrons. The number of benzene rings is 1. The number of piperidine rings is 1. The number of ether oxygens (including phenoxy) is 2. The number of nitrogens with two attached hydrogens (primary N) is 1. The second-order valence-corrected chi connectivity index (χ2v) is 11.7. The molecular weight excluding hydrogens is 512 g/mol. The minimum Gasteiger partial charge on any atom is -0.380 e. The maximum Gasteiger partial charge on any atom is 0.169 e. The fourth-order valence-electron chi connectivity index (χ4n) is 6.43. The number of nitrogens with zero attached hydrogens (tertiary/aromatic N) is 5. The molecule has 0 aliphatic carbocycles. The Morgan fingerprint density at radius 1 is 0.897 bits per heavy atom. The highest BCUT2D eigenvalue weighted by Gasteiger charge is 2.41. The zero-order chi connectivity index (χ0) is 27.2. The molecule has 9 heteroatoms. The predicted molar refractivity (Wildman–Crippen MR) is 160 cm³/mol. The first-order valence-corrected chi connectivity index (χ1v) is 15.3. The van der Waals surface area contributed by atoms with Crippen LogP contribution in [0.5, 0.6) is 0 Å². The van der Waals surface area contributed by atoms with E-state index in [0.29, 0.717) is 29.0 Å². The van der Waals surface area contributed by atoms with Gasteiger partial charge in [0.25, 0.3) is 0 Å². The Morgan fingerprint density at radius 2 is 1.54 bits per heavy atom. The van der Waals surface area contributed by atoms with Crippen molar-refractivity contribution in [2.45, 2.75) is 83.6 Å². The van der Waals surface area contributed by atoms with Crippen LogP contribution in [0.15, 0.2) is 30.3 Å². The summed E-state index contributed by atoms with van der Waals surface area (Å²) in [7, 11) is 0. The predicted octanol–water partition coefficient (Wildman–Crippen LogP) is 5.75. The Hall–Kier alpha value is -2.29. The molecule has 0 saturated carbocycles. The van der Waals surface area contributed by atoms with Crippen molar-refractivity contribution in [3.8, 4) is 0 Å². The van der Waals surface area contributed by atoms with Crippen LogP contribution in [0.1, 0.15) is 65.2 Å². The number of nitrogen functional groups attached to an aromatic ring is 1. The van der Waals surface area contributed by atoms with E-state index in [2.05, 4.69) is 63.0 Å². The summed E-state index contributed by atoms with van der Waals surface area (Å²) in [4.78, 5) is 7.52. The smallest absolute Gasteiger partial charge is 0.169 e. The first-order valence-electron chi connectivity index (χ1n) is 15.0. The van der Waals surface area contributed by atoms with Gasteiger partial charge >= 0.3 is 0 Å². The molecule has 5 rings (SSSR count). The third kappa shape index (κ3) is 6.72. The molecule has 4 heterocycles. The van der Waals surface area contributed by atoms with Gasteiger partial charge in [0.05, 0.1) is 5.69 Å². The number of piperazine rings is 1. The molecule has 39 heavy (non-hydrogen) atoms. The molecule has 2 aromatic rings. The zero-order valence-corrected chi connectivity index (χ0v) is 24.4. The van der Waals surface area contributed by atoms with Crippen LogP contribution < -0.4 is 20.4 Å². The highest BCUT2D eigenvalue weighted by molar-refractivity contribution is 6.29. The number of rotatable bonds is 12. The highest BCUT2D eigenvalue weighted by Crippen LogP contribution is 2.39. The monoisotopic (exact) mass is 556 g/mol. The molecule has 2 N–H and O–H groups in total. The van der Waals surface area contributed by atoms with Crippen LogP contribution in [-0.4, -0.2) is 68.0 Å². The standard InChI is InChI=1S/C30H45ClN6O2/c1-3-5-16-38-30(39-17-6-4-2)22-12-14-35(15-13-22)23-8-7-9-24(18-23)37-25-10-11-26(37)21-36(20-25)27-19-28(31)33-34-29(27)32/h7-9,18-19,22,25-26,30H,3-6,10-17,20-21H2,1-2H3,(H2,32,34). The summed E-state index contributed by atoms with van der Waals surface area (Å²) < 4.78 is 12.4. The molecule has 2 bridgehead atoms. The van der Waals surface area contributed by atoms with Gasteiger partial charge in [-0.25, -0.2) is 0 Å². The zero-order valence-electron chi connectivity index (χ0n) is 23.6. The van der Waals surface area contributed by atoms with Crippen LogP contribution in [0.25, 0.3) is 0 Å². The summed E-state index contributed by atoms with van der Waals surface area (Å²) in [6.07, 6.45) is 8.98. The van der Waals surface area contributed by atoms with Crippen LogP contribution in [-0.2, 0) is 9.47 Å². The lowest BCUT2D eigenvalue weighted by molar-refractivity contribution is -0.177. The Labute approximate surface area is 238 Å². The van der Waals surface area contributed by atoms with E-state index >= 15 is 0 Å². The molecule has 2 atom stereocenters. The van der Waals surface area contributed by atoms with Crippen molar-refractivity contribution in [1.82, 2.24) is 10.2 Å². The van der Waals surface area contributed by atoms with Gasteiger partial charge < -0.3 is 29.9 Å². The summed E-state index contributed by atoms with van der Waals surface area (Å²) in [6.45, 7) is 9.90. The molecule has 0 spiro atoms. The van der Waals surface area contributed by atoms with Crippen molar-refractivity contribution < 1.29 is 9.47 Å². The van der Waals surface area contributed by atoms with E-state index in [-0.39, 0.29) is 6.29 Å². The number of hydrogen-bond acceptors (Lipinski definition) is 8. The van der Waals surface area contributed by atoms with Crippen LogP contribution in [0.3, 0.4) is 0 Å². The molecule has 3 saturated heterocycles. The molecule has 3 fully saturated rings. The van der Waals surface area contributed by atoms with Gasteiger partial charge in [0.2, 0.25) is 0 Å². The number of anilines is 4. The largest absolute Gasteiger partial charge is 0.380 e. The molecule has 2 unspecified atom stereocenters. The minimum absolute atomic E-state index is 0.0666. The highest BCUT2D eigenvalue weighted by atomic mass is 35.5. The number of halogens is 1. The minimum atomic E-state index is -0.0666. The molecule has 0 amide bonds. The van der Waals surface area contributed by atoms with E-state index in [0.717, 1.165) is 83.6 Å². The summed E-state index contributed by atoms with van der Waals surface area (Å²) >= 11 is 6.14. The summed E-state index contributed by atoms with van der Waals surface area (Å²) in [6, 6.07) is 11.9. The Morgan fingerprint density at radius 3 is 2.18 bits per heavy atom. The average molecular weight is 557 g/mol. The van der Waals surface area contributed by atoms with Crippen molar-refractivity contribution in [3.05, 3.63) is 35.5 Å². The summed E-state index contributed by atoms with van der Waals surface area (Å²) in [5.41, 5.74) is 9.70. The van der Waals surface area contributed by atoms with Gasteiger partial charge in [0.1, 0.15) is 0 Å². The maximum atomic E-state index is 6.22. The van der Waals surface area contributed by atoms with Crippen LogP contribution in [0.4, 0.5) is 22.9 Å². The van der Waals surface area contributed by atoms with Gasteiger partial charge in [0.15, 0.2) is 17.3 Å². The average Bonchev–Trinajstić information content (AvgIpc) is 3.23. The van der Waals surface area contributed by atoms with Gasteiger partial charge in [-0.3, -0.25) is 0 Å². The SMILES string of the molecule is CCCCOC(OCCCC)C1CCN(c2cccc(N3C4CCC3CN(c3cc(Cl)nnc3N)C4)c2)CC1. The van der Waals surface area contributed by atoms with E-state index in [1.54, 1.807) is 0 Å². The van der Waals surface area contributed by atoms with Crippen molar-refractivity contribution >= 4 is 34.5 Å². The lowest BCUT2D eigenvalue weighted by Gasteiger charge is -2.44. The summed E-state index contributed by atoms with van der Waals surface area (Å²) in [5, 5.41) is 8.31. The number of fused-ring (bicyclic) bond motifs is 2. The quantitative estimate of drug-likeness (QED) is 0.262. The summed E-state index contributed by atoms with van der Waals surface area (Å²) in [5.74, 6) is 0.914. The van der Waals surface area contributed by atoms with Crippen molar-refractivity contribution in [2.24, 2.45) is 5.92 Å². The number of hydrogen-bond donors (Lipinski definition) is 1. The van der Waals surface area contributed by atoms with E-state index in [1.807, 2.05) is 6.07 Å². The molecule has 0 radical (unpaired) electrons. The van der Waals surface area contributed by atoms with E-state index in [1.165, 1.54) is 24.2 Å². The molecule has 1 aromatic heterocycles.